The zero-order valence-electron chi connectivity index (χ0n) is 25.3. The maximum Gasteiger partial charge on any atom is 0.328 e. The smallest absolute Gasteiger partial charge is 0.328 e. The fourth-order valence-electron chi connectivity index (χ4n) is 5.91. The van der Waals surface area contributed by atoms with Crippen LogP contribution in [0.3, 0.4) is 0 Å². The summed E-state index contributed by atoms with van der Waals surface area (Å²) in [5, 5.41) is 14.9. The summed E-state index contributed by atoms with van der Waals surface area (Å²) >= 11 is 0. The van der Waals surface area contributed by atoms with Crippen LogP contribution < -0.4 is 10.6 Å². The molecule has 2 aromatic rings. The lowest BCUT2D eigenvalue weighted by atomic mass is 9.80. The van der Waals surface area contributed by atoms with E-state index in [1.165, 1.54) is 18.9 Å². The first-order valence-corrected chi connectivity index (χ1v) is 14.3. The van der Waals surface area contributed by atoms with Crippen LogP contribution in [-0.4, -0.2) is 71.1 Å². The van der Waals surface area contributed by atoms with Crippen molar-refractivity contribution in [1.29, 1.82) is 5.26 Å². The number of nitriles is 1. The number of hydrogen-bond donors (Lipinski definition) is 2. The minimum atomic E-state index is -3.90. The van der Waals surface area contributed by atoms with Gasteiger partial charge in [-0.05, 0) is 48.1 Å². The summed E-state index contributed by atoms with van der Waals surface area (Å²) in [7, 11) is 1.35. The molecule has 0 bridgehead atoms. The standard InChI is InChI=1S/C32H36F3N5O4/c1-19(37-29(44)32(34,35)14-20-10-12-21(33)13-11-20)26(41)39(5)25(16-30(2,3)4)27(42)40-18-31(15-22(40)17-36)23-8-6-7-9-24(23)38-28(31)43/h6-13,19,22,25H,14-16,18H2,1-5H3,(H,37,44)(H,38,43)/t19-,22-,25-,31-/m0/s1. The van der Waals surface area contributed by atoms with Crippen molar-refractivity contribution in [2.45, 2.75) is 76.4 Å². The summed E-state index contributed by atoms with van der Waals surface area (Å²) in [6.45, 7) is 6.76. The molecule has 0 aromatic heterocycles. The van der Waals surface area contributed by atoms with Crippen LogP contribution >= 0.6 is 0 Å². The van der Waals surface area contributed by atoms with Crippen LogP contribution in [-0.2, 0) is 31.0 Å². The van der Waals surface area contributed by atoms with Gasteiger partial charge >= 0.3 is 5.92 Å². The number of halogens is 3. The maximum atomic E-state index is 14.8. The van der Waals surface area contributed by atoms with E-state index in [4.69, 9.17) is 0 Å². The molecule has 0 radical (unpaired) electrons. The maximum absolute atomic E-state index is 14.8. The number of para-hydroxylation sites is 1. The average Bonchev–Trinajstić information content (AvgIpc) is 3.48. The Morgan fingerprint density at radius 3 is 2.41 bits per heavy atom. The molecule has 2 N–H and O–H groups in total. The van der Waals surface area contributed by atoms with E-state index in [9.17, 15) is 37.6 Å². The summed E-state index contributed by atoms with van der Waals surface area (Å²) in [6, 6.07) is 10.0. The molecule has 2 aliphatic rings. The van der Waals surface area contributed by atoms with E-state index in [0.717, 1.165) is 29.2 Å². The minimum absolute atomic E-state index is 0.0347. The number of carbonyl (C=O) groups excluding carboxylic acids is 4. The first kappa shape index (κ1) is 32.5. The molecule has 2 heterocycles. The number of rotatable bonds is 8. The van der Waals surface area contributed by atoms with Gasteiger partial charge in [0.15, 0.2) is 0 Å². The van der Waals surface area contributed by atoms with Crippen LogP contribution in [0, 0.1) is 22.6 Å². The van der Waals surface area contributed by atoms with Crippen LogP contribution in [0.2, 0.25) is 0 Å². The summed E-state index contributed by atoms with van der Waals surface area (Å²) in [6.07, 6.45) is -0.766. The Morgan fingerprint density at radius 1 is 1.16 bits per heavy atom. The zero-order chi connectivity index (χ0) is 32.6. The van der Waals surface area contributed by atoms with E-state index in [0.29, 0.717) is 11.3 Å². The van der Waals surface area contributed by atoms with Gasteiger partial charge in [0.1, 0.15) is 23.9 Å². The van der Waals surface area contributed by atoms with Crippen molar-refractivity contribution in [1.82, 2.24) is 15.1 Å². The van der Waals surface area contributed by atoms with Crippen LogP contribution in [0.25, 0.3) is 0 Å². The van der Waals surface area contributed by atoms with Gasteiger partial charge in [-0.1, -0.05) is 51.1 Å². The molecule has 1 fully saturated rings. The van der Waals surface area contributed by atoms with Crippen molar-refractivity contribution in [3.05, 3.63) is 65.5 Å². The monoisotopic (exact) mass is 611 g/mol. The molecular weight excluding hydrogens is 575 g/mol. The number of benzene rings is 2. The number of anilines is 1. The highest BCUT2D eigenvalue weighted by Crippen LogP contribution is 2.46. The molecule has 0 saturated carbocycles. The predicted octanol–water partition coefficient (Wildman–Crippen LogP) is 3.79. The fraction of sp³-hybridized carbons (Fsp3) is 0.469. The van der Waals surface area contributed by atoms with E-state index >= 15 is 0 Å². The first-order valence-electron chi connectivity index (χ1n) is 14.3. The van der Waals surface area contributed by atoms with Crippen LogP contribution in [0.4, 0.5) is 18.9 Å². The lowest BCUT2D eigenvalue weighted by Crippen LogP contribution is -2.57. The summed E-state index contributed by atoms with van der Waals surface area (Å²) < 4.78 is 42.7. The highest BCUT2D eigenvalue weighted by molar-refractivity contribution is 6.07. The zero-order valence-corrected chi connectivity index (χ0v) is 25.3. The molecule has 9 nitrogen and oxygen atoms in total. The molecule has 4 amide bonds. The Labute approximate surface area is 254 Å². The Bertz CT molecular complexity index is 1500. The second kappa shape index (κ2) is 11.9. The first-order chi connectivity index (χ1) is 20.5. The van der Waals surface area contributed by atoms with Gasteiger partial charge in [-0.3, -0.25) is 19.2 Å². The Kier molecular flexibility index (Phi) is 8.82. The number of likely N-dealkylation sites (N-methyl/N-ethyl adjacent to an activating group) is 1. The lowest BCUT2D eigenvalue weighted by molar-refractivity contribution is -0.151. The van der Waals surface area contributed by atoms with Crippen molar-refractivity contribution in [3.8, 4) is 6.07 Å². The quantitative estimate of drug-likeness (QED) is 0.471. The van der Waals surface area contributed by atoms with E-state index < -0.39 is 64.8 Å². The van der Waals surface area contributed by atoms with Crippen LogP contribution in [0.1, 0.15) is 51.7 Å². The minimum Gasteiger partial charge on any atom is -0.339 e. The molecule has 0 aliphatic carbocycles. The number of amides is 4. The van der Waals surface area contributed by atoms with E-state index in [1.807, 2.05) is 20.8 Å². The Morgan fingerprint density at radius 2 is 1.80 bits per heavy atom. The van der Waals surface area contributed by atoms with Crippen molar-refractivity contribution in [3.63, 3.8) is 0 Å². The van der Waals surface area contributed by atoms with Gasteiger partial charge < -0.3 is 20.4 Å². The third-order valence-electron chi connectivity index (χ3n) is 8.21. The van der Waals surface area contributed by atoms with Gasteiger partial charge in [-0.25, -0.2) is 4.39 Å². The highest BCUT2D eigenvalue weighted by atomic mass is 19.3. The number of carbonyl (C=O) groups is 4. The van der Waals surface area contributed by atoms with Crippen LogP contribution in [0.5, 0.6) is 0 Å². The SMILES string of the molecule is C[C@H](NC(=O)C(F)(F)Cc1ccc(F)cc1)C(=O)N(C)[C@@H](CC(C)(C)C)C(=O)N1C[C@]2(C[C@H]1C#N)C(=O)Nc1ccccc12. The average molecular weight is 612 g/mol. The molecule has 12 heteroatoms. The van der Waals surface area contributed by atoms with E-state index in [-0.39, 0.29) is 30.9 Å². The van der Waals surface area contributed by atoms with Crippen molar-refractivity contribution >= 4 is 29.3 Å². The molecule has 2 aromatic carbocycles. The molecular formula is C32H36F3N5O4. The molecule has 0 unspecified atom stereocenters. The molecule has 1 spiro atoms. The van der Waals surface area contributed by atoms with E-state index in [1.54, 1.807) is 24.3 Å². The third-order valence-corrected chi connectivity index (χ3v) is 8.21. The van der Waals surface area contributed by atoms with Gasteiger partial charge in [-0.15, -0.1) is 0 Å². The molecule has 2 aliphatic heterocycles. The highest BCUT2D eigenvalue weighted by Gasteiger charge is 2.57. The second-order valence-electron chi connectivity index (χ2n) is 12.8. The summed E-state index contributed by atoms with van der Waals surface area (Å²) in [4.78, 5) is 55.8. The van der Waals surface area contributed by atoms with Crippen molar-refractivity contribution < 1.29 is 32.3 Å². The molecule has 234 valence electrons. The molecule has 4 rings (SSSR count). The molecule has 4 atom stereocenters. The van der Waals surface area contributed by atoms with Crippen molar-refractivity contribution in [2.24, 2.45) is 5.41 Å². The fourth-order valence-corrected chi connectivity index (χ4v) is 5.91. The Hall–Kier alpha value is -4.40. The van der Waals surface area contributed by atoms with Gasteiger partial charge in [0, 0.05) is 32.1 Å². The number of likely N-dealkylation sites (tertiary alicyclic amines) is 1. The topological polar surface area (TPSA) is 123 Å². The van der Waals surface area contributed by atoms with Crippen molar-refractivity contribution in [2.75, 3.05) is 18.9 Å². The number of nitrogens with one attached hydrogen (secondary N) is 2. The van der Waals surface area contributed by atoms with Gasteiger partial charge in [0.25, 0.3) is 5.91 Å². The second-order valence-corrected chi connectivity index (χ2v) is 12.8. The Balaban J connectivity index is 1.53. The van der Waals surface area contributed by atoms with Crippen LogP contribution in [0.15, 0.2) is 48.5 Å². The summed E-state index contributed by atoms with van der Waals surface area (Å²) in [5.41, 5.74) is -0.273. The third kappa shape index (κ3) is 6.42. The molecule has 1 saturated heterocycles. The number of alkyl halides is 2. The van der Waals surface area contributed by atoms with E-state index in [2.05, 4.69) is 16.7 Å². The number of fused-ring (bicyclic) bond motifs is 2. The lowest BCUT2D eigenvalue weighted by Gasteiger charge is -2.37. The van der Waals surface area contributed by atoms with Gasteiger partial charge in [-0.2, -0.15) is 14.0 Å². The normalized spacial score (nSPS) is 20.8. The predicted molar refractivity (Wildman–Crippen MR) is 156 cm³/mol. The number of hydrogen-bond acceptors (Lipinski definition) is 5. The van der Waals surface area contributed by atoms with Gasteiger partial charge in [0.2, 0.25) is 17.7 Å². The molecule has 44 heavy (non-hydrogen) atoms. The summed E-state index contributed by atoms with van der Waals surface area (Å²) in [5.74, 6) is -7.85. The van der Waals surface area contributed by atoms with Gasteiger partial charge in [0.05, 0.1) is 11.5 Å². The number of nitrogens with zero attached hydrogens (tertiary/aromatic N) is 3. The largest absolute Gasteiger partial charge is 0.339 e.